The zero-order chi connectivity index (χ0) is 8.27. The molecule has 0 atom stereocenters. The zero-order valence-corrected chi connectivity index (χ0v) is 7.00. The fraction of sp³-hybridized carbons (Fsp3) is 0.571. The number of nitrogens with one attached hydrogen (secondary N) is 1. The van der Waals surface area contributed by atoms with E-state index in [4.69, 9.17) is 0 Å². The van der Waals surface area contributed by atoms with Crippen LogP contribution >= 0.6 is 0 Å². The highest BCUT2D eigenvalue weighted by atomic mass is 15.2. The summed E-state index contributed by atoms with van der Waals surface area (Å²) < 4.78 is 0. The van der Waals surface area contributed by atoms with E-state index >= 15 is 0 Å². The van der Waals surface area contributed by atoms with E-state index in [0.717, 1.165) is 5.71 Å². The average molecular weight is 152 g/mol. The van der Waals surface area contributed by atoms with Crippen LogP contribution in [0.25, 0.3) is 0 Å². The van der Waals surface area contributed by atoms with Crippen molar-refractivity contribution in [3.8, 4) is 0 Å². The van der Waals surface area contributed by atoms with E-state index in [-0.39, 0.29) is 0 Å². The maximum atomic E-state index is 4.21. The lowest BCUT2D eigenvalue weighted by molar-refractivity contribution is 0.875. The lowest BCUT2D eigenvalue weighted by Gasteiger charge is -2.00. The summed E-state index contributed by atoms with van der Waals surface area (Å²) in [4.78, 5) is 8.09. The monoisotopic (exact) mass is 152 g/mol. The summed E-state index contributed by atoms with van der Waals surface area (Å²) in [5, 5.41) is 6.37. The molecule has 0 saturated carbocycles. The minimum Gasteiger partial charge on any atom is -0.244 e. The first-order valence-corrected chi connectivity index (χ1v) is 3.60. The molecule has 0 bridgehead atoms. The van der Waals surface area contributed by atoms with Crippen molar-refractivity contribution in [1.29, 1.82) is 0 Å². The molecular weight excluding hydrogens is 140 g/mol. The third-order valence-electron chi connectivity index (χ3n) is 1.52. The number of hydrogen-bond donors (Lipinski definition) is 1. The summed E-state index contributed by atoms with van der Waals surface area (Å²) in [5.74, 6) is 1.04. The minimum atomic E-state index is 0.458. The zero-order valence-electron chi connectivity index (χ0n) is 7.00. The summed E-state index contributed by atoms with van der Waals surface area (Å²) in [6.07, 6.45) is 1.45. The van der Waals surface area contributed by atoms with E-state index in [1.165, 1.54) is 6.33 Å². The van der Waals surface area contributed by atoms with Gasteiger partial charge in [0.15, 0.2) is 0 Å². The predicted octanol–water partition coefficient (Wildman–Crippen LogP) is 1.55. The van der Waals surface area contributed by atoms with Gasteiger partial charge in [-0.3, -0.25) is 0 Å². The topological polar surface area (TPSA) is 53.9 Å². The largest absolute Gasteiger partial charge is 0.244 e. The second-order valence-electron chi connectivity index (χ2n) is 2.72. The normalized spacial score (nSPS) is 12.5. The lowest BCUT2D eigenvalue weighted by atomic mass is 10.1. The molecule has 0 fully saturated rings. The smallest absolute Gasteiger partial charge is 0.244 e. The van der Waals surface area contributed by atoms with Crippen LogP contribution in [0.3, 0.4) is 0 Å². The van der Waals surface area contributed by atoms with E-state index in [2.05, 4.69) is 34.0 Å². The van der Waals surface area contributed by atoms with Crippen LogP contribution in [0.1, 0.15) is 20.8 Å². The standard InChI is InChI=1S/C7H12N4/c1-5(2)6(3)10-7-8-4-9-11-7/h4-5H,1-3H3,(H,8,9,11)/b10-6-. The summed E-state index contributed by atoms with van der Waals surface area (Å²) >= 11 is 0. The van der Waals surface area contributed by atoms with Gasteiger partial charge in [-0.25, -0.2) is 10.1 Å². The SMILES string of the molecule is C/C(=N/c1ncn[nH]1)C(C)C. The molecule has 0 aromatic carbocycles. The molecule has 4 nitrogen and oxygen atoms in total. The molecule has 0 unspecified atom stereocenters. The molecule has 4 heteroatoms. The molecule has 60 valence electrons. The quantitative estimate of drug-likeness (QED) is 0.654. The maximum absolute atomic E-state index is 4.21. The van der Waals surface area contributed by atoms with E-state index in [1.807, 2.05) is 6.92 Å². The predicted molar refractivity (Wildman–Crippen MR) is 44.0 cm³/mol. The van der Waals surface area contributed by atoms with E-state index in [1.54, 1.807) is 0 Å². The van der Waals surface area contributed by atoms with Crippen molar-refractivity contribution in [2.24, 2.45) is 10.9 Å². The van der Waals surface area contributed by atoms with Gasteiger partial charge in [0.25, 0.3) is 0 Å². The fourth-order valence-corrected chi connectivity index (χ4v) is 0.549. The molecule has 11 heavy (non-hydrogen) atoms. The molecule has 0 aliphatic rings. The van der Waals surface area contributed by atoms with Gasteiger partial charge in [-0.05, 0) is 12.8 Å². The van der Waals surface area contributed by atoms with Gasteiger partial charge in [0, 0.05) is 5.71 Å². The van der Waals surface area contributed by atoms with Crippen molar-refractivity contribution < 1.29 is 0 Å². The highest BCUT2D eigenvalue weighted by molar-refractivity contribution is 5.85. The van der Waals surface area contributed by atoms with Crippen LogP contribution in [-0.4, -0.2) is 20.9 Å². The Morgan fingerprint density at radius 2 is 2.36 bits per heavy atom. The van der Waals surface area contributed by atoms with Gasteiger partial charge in [-0.1, -0.05) is 13.8 Å². The Bertz CT molecular complexity index is 235. The highest BCUT2D eigenvalue weighted by Gasteiger charge is 1.98. The number of H-pyrrole nitrogens is 1. The Balaban J connectivity index is 2.74. The number of aromatic nitrogens is 3. The van der Waals surface area contributed by atoms with E-state index in [0.29, 0.717) is 11.9 Å². The van der Waals surface area contributed by atoms with Crippen molar-refractivity contribution in [2.75, 3.05) is 0 Å². The van der Waals surface area contributed by atoms with Crippen molar-refractivity contribution in [1.82, 2.24) is 15.2 Å². The lowest BCUT2D eigenvalue weighted by Crippen LogP contribution is -2.00. The Kier molecular flexibility index (Phi) is 2.36. The number of aromatic amines is 1. The highest BCUT2D eigenvalue weighted by Crippen LogP contribution is 2.04. The third kappa shape index (κ3) is 2.14. The first kappa shape index (κ1) is 7.91. The second-order valence-corrected chi connectivity index (χ2v) is 2.72. The molecule has 0 amide bonds. The fourth-order valence-electron chi connectivity index (χ4n) is 0.549. The Morgan fingerprint density at radius 1 is 1.64 bits per heavy atom. The third-order valence-corrected chi connectivity index (χ3v) is 1.52. The summed E-state index contributed by atoms with van der Waals surface area (Å²) in [6, 6.07) is 0. The van der Waals surface area contributed by atoms with Crippen LogP contribution in [0, 0.1) is 5.92 Å². The number of nitrogens with zero attached hydrogens (tertiary/aromatic N) is 3. The molecule has 1 rings (SSSR count). The molecule has 0 radical (unpaired) electrons. The van der Waals surface area contributed by atoms with Crippen molar-refractivity contribution in [3.63, 3.8) is 0 Å². The summed E-state index contributed by atoms with van der Waals surface area (Å²) in [6.45, 7) is 6.16. The average Bonchev–Trinajstić information content (AvgIpc) is 2.39. The van der Waals surface area contributed by atoms with Crippen LogP contribution in [0.4, 0.5) is 5.95 Å². The Morgan fingerprint density at radius 3 is 2.82 bits per heavy atom. The van der Waals surface area contributed by atoms with Crippen LogP contribution in [0.2, 0.25) is 0 Å². The molecular formula is C7H12N4. The van der Waals surface area contributed by atoms with Gasteiger partial charge >= 0.3 is 0 Å². The molecule has 1 N–H and O–H groups in total. The summed E-state index contributed by atoms with van der Waals surface area (Å²) in [7, 11) is 0. The molecule has 0 spiro atoms. The molecule has 1 aromatic heterocycles. The molecule has 0 saturated heterocycles. The van der Waals surface area contributed by atoms with Crippen molar-refractivity contribution in [3.05, 3.63) is 6.33 Å². The van der Waals surface area contributed by atoms with Gasteiger partial charge in [-0.2, -0.15) is 10.1 Å². The molecule has 0 aliphatic carbocycles. The van der Waals surface area contributed by atoms with E-state index in [9.17, 15) is 0 Å². The van der Waals surface area contributed by atoms with Gasteiger partial charge < -0.3 is 0 Å². The first-order valence-electron chi connectivity index (χ1n) is 3.60. The molecule has 0 aliphatic heterocycles. The van der Waals surface area contributed by atoms with Crippen molar-refractivity contribution >= 4 is 11.7 Å². The molecule has 1 heterocycles. The molecule has 1 aromatic rings. The first-order chi connectivity index (χ1) is 5.20. The van der Waals surface area contributed by atoms with Crippen molar-refractivity contribution in [2.45, 2.75) is 20.8 Å². The second kappa shape index (κ2) is 3.27. The summed E-state index contributed by atoms with van der Waals surface area (Å²) in [5.41, 5.74) is 1.06. The van der Waals surface area contributed by atoms with Gasteiger partial charge in [-0.15, -0.1) is 0 Å². The Labute approximate surface area is 65.8 Å². The van der Waals surface area contributed by atoms with Gasteiger partial charge in [0.2, 0.25) is 5.95 Å². The number of rotatable bonds is 2. The number of aliphatic imine (C=N–C) groups is 1. The van der Waals surface area contributed by atoms with E-state index < -0.39 is 0 Å². The van der Waals surface area contributed by atoms with Crippen LogP contribution in [0.15, 0.2) is 11.3 Å². The van der Waals surface area contributed by atoms with Gasteiger partial charge in [0.1, 0.15) is 6.33 Å². The Hall–Kier alpha value is -1.19. The van der Waals surface area contributed by atoms with Crippen LogP contribution in [0.5, 0.6) is 0 Å². The van der Waals surface area contributed by atoms with Crippen LogP contribution < -0.4 is 0 Å². The minimum absolute atomic E-state index is 0.458. The van der Waals surface area contributed by atoms with Gasteiger partial charge in [0.05, 0.1) is 0 Å². The maximum Gasteiger partial charge on any atom is 0.244 e. The van der Waals surface area contributed by atoms with Crippen LogP contribution in [-0.2, 0) is 0 Å². The number of hydrogen-bond acceptors (Lipinski definition) is 3.